The van der Waals surface area contributed by atoms with E-state index in [1.165, 1.54) is 19.2 Å². The fourth-order valence-electron chi connectivity index (χ4n) is 2.02. The van der Waals surface area contributed by atoms with E-state index in [4.69, 9.17) is 0 Å². The van der Waals surface area contributed by atoms with E-state index in [1.54, 1.807) is 0 Å². The molecule has 1 fully saturated rings. The molecular formula is C15H31MgN3. The summed E-state index contributed by atoms with van der Waals surface area (Å²) in [5.74, 6) is 0. The molecule has 1 aliphatic rings. The first-order valence-corrected chi connectivity index (χ1v) is 7.04. The van der Waals surface area contributed by atoms with E-state index in [0.717, 1.165) is 26.2 Å². The van der Waals surface area contributed by atoms with Crippen molar-refractivity contribution in [3.8, 4) is 0 Å². The minimum atomic E-state index is 0. The van der Waals surface area contributed by atoms with Gasteiger partial charge in [-0.25, -0.2) is 19.6 Å². The van der Waals surface area contributed by atoms with E-state index in [-0.39, 0.29) is 23.1 Å². The van der Waals surface area contributed by atoms with Gasteiger partial charge in [0.1, 0.15) is 0 Å². The largest absolute Gasteiger partial charge is 2.00 e. The number of hydrogen-bond donors (Lipinski definition) is 0. The minimum Gasteiger partial charge on any atom is -0.660 e. The van der Waals surface area contributed by atoms with Crippen molar-refractivity contribution >= 4 is 23.1 Å². The van der Waals surface area contributed by atoms with Crippen LogP contribution in [-0.4, -0.2) is 84.2 Å². The van der Waals surface area contributed by atoms with Gasteiger partial charge < -0.3 is 15.1 Å². The van der Waals surface area contributed by atoms with Crippen molar-refractivity contribution in [2.45, 2.75) is 39.8 Å². The molecule has 0 aliphatic carbocycles. The Morgan fingerprint density at radius 2 is 1.26 bits per heavy atom. The molecule has 0 amide bonds. The third kappa shape index (κ3) is 10.7. The van der Waals surface area contributed by atoms with Crippen LogP contribution in [0, 0.1) is 6.92 Å². The van der Waals surface area contributed by atoms with E-state index in [1.807, 2.05) is 0 Å². The molecule has 0 spiro atoms. The molecule has 1 rings (SSSR count). The Balaban J connectivity index is 0. The average molecular weight is 278 g/mol. The Labute approximate surface area is 136 Å². The molecule has 19 heavy (non-hydrogen) atoms. The van der Waals surface area contributed by atoms with Crippen LogP contribution in [0.15, 0.2) is 12.7 Å². The van der Waals surface area contributed by atoms with Crippen LogP contribution in [0.1, 0.15) is 27.7 Å². The van der Waals surface area contributed by atoms with Gasteiger partial charge in [0.15, 0.2) is 0 Å². The second-order valence-corrected chi connectivity index (χ2v) is 5.22. The fraction of sp³-hybridized carbons (Fsp3) is 0.800. The van der Waals surface area contributed by atoms with Gasteiger partial charge in [0.25, 0.3) is 0 Å². The Kier molecular flexibility index (Phi) is 15.0. The van der Waals surface area contributed by atoms with Crippen LogP contribution in [0.4, 0.5) is 0 Å². The summed E-state index contributed by atoms with van der Waals surface area (Å²) in [6.07, 6.45) is 1.50. The Morgan fingerprint density at radius 3 is 1.53 bits per heavy atom. The molecule has 0 bridgehead atoms. The summed E-state index contributed by atoms with van der Waals surface area (Å²) in [4.78, 5) is 5.06. The standard InChI is InChI=1S/C12H26N3.C3H5.Mg/c1-11(2)14-7-5-13-6-8-15(10-9-14)12(3)4;1-3-2;/h11-12H,5-10H2,1-4H3;3H,1-2H2;/q2*-1;+2. The molecule has 108 valence electrons. The normalized spacial score (nSPS) is 18.6. The van der Waals surface area contributed by atoms with Crippen molar-refractivity contribution in [3.63, 3.8) is 0 Å². The van der Waals surface area contributed by atoms with E-state index >= 15 is 0 Å². The Bertz CT molecular complexity index is 190. The van der Waals surface area contributed by atoms with Gasteiger partial charge in [0, 0.05) is 25.2 Å². The van der Waals surface area contributed by atoms with E-state index in [2.05, 4.69) is 56.3 Å². The van der Waals surface area contributed by atoms with Gasteiger partial charge in [0.05, 0.1) is 0 Å². The SMILES string of the molecule is C=C[CH2-].CC(C)N1CC[N-]CCN(C(C)C)CC1.[Mg+2]. The van der Waals surface area contributed by atoms with Crippen LogP contribution < -0.4 is 0 Å². The monoisotopic (exact) mass is 277 g/mol. The molecule has 0 atom stereocenters. The van der Waals surface area contributed by atoms with Gasteiger partial charge in [-0.05, 0) is 40.8 Å². The van der Waals surface area contributed by atoms with Crippen LogP contribution in [0.2, 0.25) is 0 Å². The van der Waals surface area contributed by atoms with Crippen molar-refractivity contribution in [1.82, 2.24) is 9.80 Å². The van der Waals surface area contributed by atoms with Crippen molar-refractivity contribution < 1.29 is 0 Å². The third-order valence-electron chi connectivity index (χ3n) is 3.23. The molecule has 0 radical (unpaired) electrons. The second kappa shape index (κ2) is 13.2. The molecule has 0 saturated carbocycles. The van der Waals surface area contributed by atoms with Crippen LogP contribution in [0.5, 0.6) is 0 Å². The third-order valence-corrected chi connectivity index (χ3v) is 3.23. The zero-order valence-corrected chi connectivity index (χ0v) is 14.9. The zero-order valence-electron chi connectivity index (χ0n) is 13.4. The molecule has 0 aromatic carbocycles. The predicted molar refractivity (Wildman–Crippen MR) is 87.8 cm³/mol. The Morgan fingerprint density at radius 1 is 0.947 bits per heavy atom. The summed E-state index contributed by atoms with van der Waals surface area (Å²) < 4.78 is 0. The Hall–Kier alpha value is 0.256. The van der Waals surface area contributed by atoms with Crippen molar-refractivity contribution in [2.75, 3.05) is 39.3 Å². The molecule has 0 aromatic rings. The van der Waals surface area contributed by atoms with Crippen LogP contribution in [0.3, 0.4) is 0 Å². The first-order valence-electron chi connectivity index (χ1n) is 7.04. The van der Waals surface area contributed by atoms with Gasteiger partial charge in [0.2, 0.25) is 0 Å². The van der Waals surface area contributed by atoms with Gasteiger partial charge in [-0.2, -0.15) is 0 Å². The summed E-state index contributed by atoms with van der Waals surface area (Å²) in [5, 5.41) is 4.57. The van der Waals surface area contributed by atoms with Crippen molar-refractivity contribution in [2.24, 2.45) is 0 Å². The van der Waals surface area contributed by atoms with E-state index in [0.29, 0.717) is 12.1 Å². The molecule has 0 aromatic heterocycles. The topological polar surface area (TPSA) is 20.6 Å². The molecule has 1 heterocycles. The molecule has 4 heteroatoms. The quantitative estimate of drug-likeness (QED) is 0.571. The number of hydrogen-bond acceptors (Lipinski definition) is 2. The van der Waals surface area contributed by atoms with Crippen molar-refractivity contribution in [1.29, 1.82) is 0 Å². The molecular weight excluding hydrogens is 246 g/mol. The summed E-state index contributed by atoms with van der Waals surface area (Å²) >= 11 is 0. The van der Waals surface area contributed by atoms with E-state index < -0.39 is 0 Å². The molecule has 1 aliphatic heterocycles. The van der Waals surface area contributed by atoms with Gasteiger partial charge >= 0.3 is 23.1 Å². The second-order valence-electron chi connectivity index (χ2n) is 5.22. The summed E-state index contributed by atoms with van der Waals surface area (Å²) in [5.41, 5.74) is 0. The zero-order chi connectivity index (χ0) is 14.0. The van der Waals surface area contributed by atoms with Gasteiger partial charge in [-0.1, -0.05) is 0 Å². The number of allylic oxidation sites excluding steroid dienone is 1. The molecule has 1 saturated heterocycles. The van der Waals surface area contributed by atoms with Crippen LogP contribution in [0.25, 0.3) is 5.32 Å². The summed E-state index contributed by atoms with van der Waals surface area (Å²) in [7, 11) is 0. The van der Waals surface area contributed by atoms with Gasteiger partial charge in [-0.3, -0.25) is 0 Å². The van der Waals surface area contributed by atoms with Gasteiger partial charge in [-0.15, -0.1) is 13.1 Å². The molecule has 3 nitrogen and oxygen atoms in total. The fourth-order valence-corrected chi connectivity index (χ4v) is 2.02. The first kappa shape index (κ1) is 21.6. The van der Waals surface area contributed by atoms with Crippen LogP contribution >= 0.6 is 0 Å². The molecule has 0 unspecified atom stereocenters. The first-order chi connectivity index (χ1) is 8.52. The molecule has 0 N–H and O–H groups in total. The smallest absolute Gasteiger partial charge is 0.660 e. The predicted octanol–water partition coefficient (Wildman–Crippen LogP) is 2.42. The van der Waals surface area contributed by atoms with Crippen molar-refractivity contribution in [3.05, 3.63) is 24.9 Å². The average Bonchev–Trinajstić information content (AvgIpc) is 2.40. The number of rotatable bonds is 2. The maximum atomic E-state index is 4.57. The summed E-state index contributed by atoms with van der Waals surface area (Å²) in [6.45, 7) is 22.2. The number of nitrogens with zero attached hydrogens (tertiary/aromatic N) is 3. The van der Waals surface area contributed by atoms with E-state index in [9.17, 15) is 0 Å². The van der Waals surface area contributed by atoms with Crippen LogP contribution in [-0.2, 0) is 0 Å². The summed E-state index contributed by atoms with van der Waals surface area (Å²) in [6, 6.07) is 1.29. The maximum absolute atomic E-state index is 4.57. The maximum Gasteiger partial charge on any atom is 2.00 e. The minimum absolute atomic E-state index is 0.